The average Bonchev–Trinajstić information content (AvgIpc) is 3.92. The molecular formula is C67H108O8. The number of ether oxygens (including phenoxy) is 4. The monoisotopic (exact) mass is 1040 g/mol. The fourth-order valence-corrected chi connectivity index (χ4v) is 19.3. The molecule has 0 N–H and O–H groups in total. The first-order chi connectivity index (χ1) is 35.7. The molecule has 8 heteroatoms. The van der Waals surface area contributed by atoms with E-state index in [9.17, 15) is 19.2 Å². The van der Waals surface area contributed by atoms with Crippen LogP contribution in [0.25, 0.3) is 0 Å². The van der Waals surface area contributed by atoms with Gasteiger partial charge >= 0.3 is 11.9 Å². The van der Waals surface area contributed by atoms with Crippen LogP contribution < -0.4 is 0 Å². The molecular weight excluding hydrogens is 933 g/mol. The third-order valence-corrected chi connectivity index (χ3v) is 23.5. The maximum atomic E-state index is 13.0. The Balaban J connectivity index is 0.655. The second-order valence-electron chi connectivity index (χ2n) is 28.8. The summed E-state index contributed by atoms with van der Waals surface area (Å²) < 4.78 is 23.2. The molecule has 75 heavy (non-hydrogen) atoms. The van der Waals surface area contributed by atoms with Gasteiger partial charge in [0.1, 0.15) is 24.6 Å². The van der Waals surface area contributed by atoms with E-state index in [1.54, 1.807) is 0 Å². The largest absolute Gasteiger partial charge is 0.462 e. The van der Waals surface area contributed by atoms with Crippen LogP contribution in [0.5, 0.6) is 0 Å². The van der Waals surface area contributed by atoms with Gasteiger partial charge in [0.15, 0.2) is 5.78 Å². The minimum atomic E-state index is -0.294. The van der Waals surface area contributed by atoms with Crippen molar-refractivity contribution in [3.8, 4) is 0 Å². The molecule has 8 aliphatic rings. The number of hydrogen-bond donors (Lipinski definition) is 0. The average molecular weight is 1040 g/mol. The predicted octanol–water partition coefficient (Wildman–Crippen LogP) is 16.0. The van der Waals surface area contributed by atoms with Crippen LogP contribution in [0, 0.1) is 92.7 Å². The lowest BCUT2D eigenvalue weighted by atomic mass is 9.47. The zero-order valence-electron chi connectivity index (χ0n) is 49.4. The van der Waals surface area contributed by atoms with E-state index in [-0.39, 0.29) is 105 Å². The lowest BCUT2D eigenvalue weighted by molar-refractivity contribution is -0.153. The molecule has 16 unspecified atom stereocenters. The van der Waals surface area contributed by atoms with Gasteiger partial charge in [0, 0.05) is 32.1 Å². The summed E-state index contributed by atoms with van der Waals surface area (Å²) in [6, 6.07) is 0. The molecule has 6 fully saturated rings. The molecule has 0 radical (unpaired) electrons. The van der Waals surface area contributed by atoms with Crippen LogP contribution in [0.4, 0.5) is 0 Å². The summed E-state index contributed by atoms with van der Waals surface area (Å²) in [5, 5.41) is 0. The molecule has 0 spiro atoms. The summed E-state index contributed by atoms with van der Waals surface area (Å²) in [5.41, 5.74) is 4.41. The zero-order chi connectivity index (χ0) is 53.7. The van der Waals surface area contributed by atoms with Gasteiger partial charge in [-0.2, -0.15) is 0 Å². The van der Waals surface area contributed by atoms with Gasteiger partial charge in [-0.15, -0.1) is 0 Å². The summed E-state index contributed by atoms with van der Waals surface area (Å²) in [4.78, 5) is 51.3. The highest BCUT2D eigenvalue weighted by atomic mass is 16.5. The molecule has 0 amide bonds. The quantitative estimate of drug-likeness (QED) is 0.0479. The molecule has 0 aromatic carbocycles. The maximum absolute atomic E-state index is 13.0. The van der Waals surface area contributed by atoms with Gasteiger partial charge < -0.3 is 18.9 Å². The van der Waals surface area contributed by atoms with Crippen molar-refractivity contribution in [2.45, 2.75) is 255 Å². The van der Waals surface area contributed by atoms with Crippen molar-refractivity contribution in [2.24, 2.45) is 92.7 Å². The first-order valence-electron chi connectivity index (χ1n) is 31.7. The highest BCUT2D eigenvalue weighted by Gasteiger charge is 2.61. The summed E-state index contributed by atoms with van der Waals surface area (Å²) in [7, 11) is 0. The molecule has 8 rings (SSSR count). The van der Waals surface area contributed by atoms with E-state index in [0.29, 0.717) is 10.8 Å². The van der Waals surface area contributed by atoms with Crippen molar-refractivity contribution in [2.75, 3.05) is 26.4 Å². The Morgan fingerprint density at radius 3 is 1.41 bits per heavy atom. The summed E-state index contributed by atoms with van der Waals surface area (Å²) in [5.74, 6) is 8.94. The van der Waals surface area contributed by atoms with Crippen LogP contribution in [0.1, 0.15) is 243 Å². The van der Waals surface area contributed by atoms with Gasteiger partial charge in [-0.25, -0.2) is 0 Å². The lowest BCUT2D eigenvalue weighted by Crippen LogP contribution is -2.51. The number of fused-ring (bicyclic) bond motifs is 10. The van der Waals surface area contributed by atoms with E-state index in [2.05, 4.69) is 81.4 Å². The van der Waals surface area contributed by atoms with Crippen LogP contribution in [0.15, 0.2) is 23.3 Å². The van der Waals surface area contributed by atoms with E-state index in [0.717, 1.165) is 110 Å². The number of hydrogen-bond acceptors (Lipinski definition) is 8. The fourth-order valence-electron chi connectivity index (χ4n) is 19.3. The summed E-state index contributed by atoms with van der Waals surface area (Å²) in [6.07, 6.45) is 32.8. The third kappa shape index (κ3) is 13.3. The molecule has 0 aromatic heterocycles. The first-order valence-corrected chi connectivity index (χ1v) is 31.7. The van der Waals surface area contributed by atoms with E-state index < -0.39 is 0 Å². The van der Waals surface area contributed by atoms with E-state index in [4.69, 9.17) is 18.9 Å². The van der Waals surface area contributed by atoms with Crippen molar-refractivity contribution in [1.29, 1.82) is 0 Å². The van der Waals surface area contributed by atoms with Gasteiger partial charge in [0.25, 0.3) is 0 Å². The SMILES string of the molecule is CC(C)CCCC(C)C1CCC2C3CC=C4CC(OC(=O)CCC(=O)CCOCCOCC(=O)CCC(=O)OC5CCC6(C)C(=CCC7C6CCC6(C)C(C(C)CCCC(C)C)CCC76)C5)CCC4(C)C3CCC12C. The number of Topliss-reactive ketones (excluding diaryl/α,β-unsaturated/α-hetero) is 2. The maximum Gasteiger partial charge on any atom is 0.306 e. The topological polar surface area (TPSA) is 105 Å². The molecule has 16 atom stereocenters. The molecule has 0 aliphatic heterocycles. The van der Waals surface area contributed by atoms with E-state index >= 15 is 0 Å². The minimum absolute atomic E-state index is 0.0199. The Morgan fingerprint density at radius 1 is 0.493 bits per heavy atom. The zero-order valence-corrected chi connectivity index (χ0v) is 49.4. The fraction of sp³-hybridized carbons (Fsp3) is 0.881. The van der Waals surface area contributed by atoms with Crippen LogP contribution in [0.3, 0.4) is 0 Å². The second kappa shape index (κ2) is 25.4. The van der Waals surface area contributed by atoms with Gasteiger partial charge in [-0.05, 0) is 183 Å². The van der Waals surface area contributed by atoms with Crippen LogP contribution in [-0.2, 0) is 38.1 Å². The molecule has 8 aliphatic carbocycles. The minimum Gasteiger partial charge on any atom is -0.462 e. The Hall–Kier alpha value is -2.32. The highest BCUT2D eigenvalue weighted by Crippen LogP contribution is 2.69. The summed E-state index contributed by atoms with van der Waals surface area (Å²) in [6.45, 7) is 25.6. The Morgan fingerprint density at radius 2 is 0.947 bits per heavy atom. The molecule has 0 bridgehead atoms. The van der Waals surface area contributed by atoms with Crippen LogP contribution >= 0.6 is 0 Å². The number of carbonyl (C=O) groups excluding carboxylic acids is 4. The van der Waals surface area contributed by atoms with E-state index in [1.807, 2.05) is 0 Å². The van der Waals surface area contributed by atoms with Crippen molar-refractivity contribution >= 4 is 23.5 Å². The second-order valence-corrected chi connectivity index (χ2v) is 28.8. The van der Waals surface area contributed by atoms with Gasteiger partial charge in [0.2, 0.25) is 0 Å². The number of ketones is 2. The van der Waals surface area contributed by atoms with Crippen molar-refractivity contribution in [3.63, 3.8) is 0 Å². The molecule has 0 aromatic rings. The van der Waals surface area contributed by atoms with Crippen molar-refractivity contribution in [1.82, 2.24) is 0 Å². The van der Waals surface area contributed by atoms with Gasteiger partial charge in [0.05, 0.1) is 32.7 Å². The highest BCUT2D eigenvalue weighted by molar-refractivity contribution is 5.84. The van der Waals surface area contributed by atoms with Gasteiger partial charge in [-0.1, -0.05) is 131 Å². The van der Waals surface area contributed by atoms with Gasteiger partial charge in [-0.3, -0.25) is 19.2 Å². The number of allylic oxidation sites excluding steroid dienone is 2. The van der Waals surface area contributed by atoms with E-state index in [1.165, 1.54) is 114 Å². The Kier molecular flexibility index (Phi) is 19.9. The predicted molar refractivity (Wildman–Crippen MR) is 301 cm³/mol. The third-order valence-electron chi connectivity index (χ3n) is 23.5. The molecule has 6 saturated carbocycles. The Bertz CT molecular complexity index is 1880. The molecule has 0 heterocycles. The van der Waals surface area contributed by atoms with Crippen molar-refractivity contribution < 1.29 is 38.1 Å². The van der Waals surface area contributed by atoms with Crippen LogP contribution in [0.2, 0.25) is 0 Å². The molecule has 0 saturated heterocycles. The first kappa shape index (κ1) is 58.8. The standard InChI is InChI=1S/C67H108O8/c1-44(2)13-11-15-46(5)56-23-25-58-54-21-17-48-41-52(29-34-64(48,7)60(54)31-36-66(56,58)9)74-62(70)27-19-50(68)33-38-72-39-40-73-43-51(69)20-28-63(71)75-53-30-35-65(8)49(42-53)18-22-55-59-26-24-57(47(6)16-12-14-45(3)4)67(59,10)37-32-61(55)65/h17-18,44-47,52-61H,11-16,19-43H2,1-10H3. The van der Waals surface area contributed by atoms with Crippen LogP contribution in [-0.4, -0.2) is 62.1 Å². The summed E-state index contributed by atoms with van der Waals surface area (Å²) >= 11 is 0. The molecule has 424 valence electrons. The normalized spacial score (nSPS) is 37.7. The van der Waals surface area contributed by atoms with Crippen molar-refractivity contribution in [3.05, 3.63) is 23.3 Å². The molecule has 8 nitrogen and oxygen atoms in total. The number of carbonyl (C=O) groups is 4. The smallest absolute Gasteiger partial charge is 0.306 e. The number of esters is 2. The lowest BCUT2D eigenvalue weighted by Gasteiger charge is -2.58. The number of rotatable bonds is 26. The Labute approximate surface area is 456 Å².